The molecular formula is C21H36Cl2N4O2. The van der Waals surface area contributed by atoms with Crippen molar-refractivity contribution in [2.45, 2.75) is 52.0 Å². The Morgan fingerprint density at radius 1 is 1.14 bits per heavy atom. The Morgan fingerprint density at radius 3 is 2.31 bits per heavy atom. The fourth-order valence-electron chi connectivity index (χ4n) is 3.69. The van der Waals surface area contributed by atoms with Gasteiger partial charge in [-0.25, -0.2) is 0 Å². The lowest BCUT2D eigenvalue weighted by molar-refractivity contribution is -0.122. The Morgan fingerprint density at radius 2 is 1.76 bits per heavy atom. The van der Waals surface area contributed by atoms with Gasteiger partial charge in [0.2, 0.25) is 5.91 Å². The Hall–Kier alpha value is -1.34. The highest BCUT2D eigenvalue weighted by Crippen LogP contribution is 2.32. The molecule has 166 valence electrons. The van der Waals surface area contributed by atoms with Crippen LogP contribution in [-0.4, -0.2) is 48.4 Å². The zero-order chi connectivity index (χ0) is 19.9. The molecule has 0 aromatic heterocycles. The SMILES string of the molecule is CCN(CC)CCNC(=O)c1ccc(NC(=O)C2CCCCC2(C)N)cc1.Cl.Cl. The minimum absolute atomic E-state index is 0. The van der Waals surface area contributed by atoms with Gasteiger partial charge in [-0.15, -0.1) is 24.8 Å². The molecule has 6 nitrogen and oxygen atoms in total. The van der Waals surface area contributed by atoms with E-state index in [4.69, 9.17) is 5.73 Å². The van der Waals surface area contributed by atoms with E-state index < -0.39 is 5.54 Å². The first-order valence-corrected chi connectivity index (χ1v) is 10.1. The lowest BCUT2D eigenvalue weighted by atomic mass is 9.74. The number of nitrogens with one attached hydrogen (secondary N) is 2. The molecular weight excluding hydrogens is 411 g/mol. The number of amides is 2. The zero-order valence-electron chi connectivity index (χ0n) is 17.7. The molecule has 1 fully saturated rings. The van der Waals surface area contributed by atoms with Crippen molar-refractivity contribution in [1.29, 1.82) is 0 Å². The van der Waals surface area contributed by atoms with Crippen molar-refractivity contribution in [3.8, 4) is 0 Å². The highest BCUT2D eigenvalue weighted by atomic mass is 35.5. The van der Waals surface area contributed by atoms with Gasteiger partial charge in [0.05, 0.1) is 5.92 Å². The third-order valence-electron chi connectivity index (χ3n) is 5.59. The van der Waals surface area contributed by atoms with E-state index in [2.05, 4.69) is 29.4 Å². The van der Waals surface area contributed by atoms with Crippen LogP contribution in [0.4, 0.5) is 5.69 Å². The predicted molar refractivity (Wildman–Crippen MR) is 124 cm³/mol. The van der Waals surface area contributed by atoms with E-state index in [0.29, 0.717) is 17.8 Å². The summed E-state index contributed by atoms with van der Waals surface area (Å²) in [5.41, 5.74) is 7.15. The number of likely N-dealkylation sites (N-methyl/N-ethyl adjacent to an activating group) is 1. The summed E-state index contributed by atoms with van der Waals surface area (Å²) in [5, 5.41) is 5.89. The summed E-state index contributed by atoms with van der Waals surface area (Å²) in [7, 11) is 0. The maximum atomic E-state index is 12.6. The molecule has 1 aliphatic carbocycles. The monoisotopic (exact) mass is 446 g/mol. The molecule has 4 N–H and O–H groups in total. The summed E-state index contributed by atoms with van der Waals surface area (Å²) in [5.74, 6) is -0.299. The van der Waals surface area contributed by atoms with Gasteiger partial charge in [-0.2, -0.15) is 0 Å². The number of nitrogens with two attached hydrogens (primary N) is 1. The lowest BCUT2D eigenvalue weighted by Crippen LogP contribution is -2.51. The first-order chi connectivity index (χ1) is 12.9. The molecule has 29 heavy (non-hydrogen) atoms. The largest absolute Gasteiger partial charge is 0.351 e. The second-order valence-electron chi connectivity index (χ2n) is 7.65. The van der Waals surface area contributed by atoms with Crippen LogP contribution in [0.2, 0.25) is 0 Å². The number of rotatable bonds is 8. The molecule has 0 aliphatic heterocycles. The second kappa shape index (κ2) is 13.1. The van der Waals surface area contributed by atoms with Crippen LogP contribution < -0.4 is 16.4 Å². The van der Waals surface area contributed by atoms with E-state index in [9.17, 15) is 9.59 Å². The van der Waals surface area contributed by atoms with Crippen molar-refractivity contribution in [1.82, 2.24) is 10.2 Å². The Balaban J connectivity index is 0.00000392. The van der Waals surface area contributed by atoms with E-state index in [1.807, 2.05) is 6.92 Å². The van der Waals surface area contributed by atoms with Crippen molar-refractivity contribution >= 4 is 42.3 Å². The molecule has 0 spiro atoms. The van der Waals surface area contributed by atoms with Crippen LogP contribution in [0.1, 0.15) is 56.8 Å². The fourth-order valence-corrected chi connectivity index (χ4v) is 3.69. The van der Waals surface area contributed by atoms with Crippen molar-refractivity contribution in [2.24, 2.45) is 11.7 Å². The molecule has 0 heterocycles. The average Bonchev–Trinajstić information content (AvgIpc) is 2.65. The van der Waals surface area contributed by atoms with E-state index in [1.54, 1.807) is 24.3 Å². The number of anilines is 1. The number of hydrogen-bond acceptors (Lipinski definition) is 4. The first kappa shape index (κ1) is 27.7. The van der Waals surface area contributed by atoms with Crippen molar-refractivity contribution in [3.63, 3.8) is 0 Å². The van der Waals surface area contributed by atoms with E-state index in [1.165, 1.54) is 0 Å². The number of hydrogen-bond donors (Lipinski definition) is 3. The second-order valence-corrected chi connectivity index (χ2v) is 7.65. The Kier molecular flexibility index (Phi) is 12.5. The third kappa shape index (κ3) is 8.13. The fraction of sp³-hybridized carbons (Fsp3) is 0.619. The van der Waals surface area contributed by atoms with Crippen LogP contribution in [0, 0.1) is 5.92 Å². The molecule has 0 radical (unpaired) electrons. The molecule has 2 amide bonds. The smallest absolute Gasteiger partial charge is 0.251 e. The van der Waals surface area contributed by atoms with Gasteiger partial charge in [0.25, 0.3) is 5.91 Å². The molecule has 8 heteroatoms. The molecule has 1 aromatic rings. The summed E-state index contributed by atoms with van der Waals surface area (Å²) < 4.78 is 0. The Bertz CT molecular complexity index is 634. The van der Waals surface area contributed by atoms with Crippen molar-refractivity contribution < 1.29 is 9.59 Å². The van der Waals surface area contributed by atoms with Crippen LogP contribution in [0.25, 0.3) is 0 Å². The summed E-state index contributed by atoms with van der Waals surface area (Å²) >= 11 is 0. The van der Waals surface area contributed by atoms with Gasteiger partial charge in [0.15, 0.2) is 0 Å². The standard InChI is InChI=1S/C21H34N4O2.2ClH/c1-4-25(5-2)15-14-23-19(26)16-9-11-17(12-10-16)24-20(27)18-8-6-7-13-21(18,3)22;;/h9-12,18H,4-8,13-15,22H2,1-3H3,(H,23,26)(H,24,27);2*1H. The highest BCUT2D eigenvalue weighted by Gasteiger charge is 2.37. The first-order valence-electron chi connectivity index (χ1n) is 10.1. The van der Waals surface area contributed by atoms with Gasteiger partial charge in [-0.05, 0) is 57.1 Å². The van der Waals surface area contributed by atoms with Gasteiger partial charge in [-0.1, -0.05) is 26.7 Å². The maximum Gasteiger partial charge on any atom is 0.251 e. The molecule has 2 rings (SSSR count). The third-order valence-corrected chi connectivity index (χ3v) is 5.59. The predicted octanol–water partition coefficient (Wildman–Crippen LogP) is 3.45. The number of carbonyl (C=O) groups excluding carboxylic acids is 2. The van der Waals surface area contributed by atoms with Crippen LogP contribution in [0.5, 0.6) is 0 Å². The maximum absolute atomic E-state index is 12.6. The quantitative estimate of drug-likeness (QED) is 0.570. The molecule has 1 saturated carbocycles. The van der Waals surface area contributed by atoms with Gasteiger partial charge >= 0.3 is 0 Å². The number of carbonyl (C=O) groups is 2. The van der Waals surface area contributed by atoms with Crippen molar-refractivity contribution in [3.05, 3.63) is 29.8 Å². The Labute approximate surface area is 187 Å². The summed E-state index contributed by atoms with van der Waals surface area (Å²) in [6, 6.07) is 7.03. The van der Waals surface area contributed by atoms with Gasteiger partial charge in [0.1, 0.15) is 0 Å². The topological polar surface area (TPSA) is 87.5 Å². The van der Waals surface area contributed by atoms with Crippen molar-refractivity contribution in [2.75, 3.05) is 31.5 Å². The van der Waals surface area contributed by atoms with Crippen LogP contribution in [0.15, 0.2) is 24.3 Å². The molecule has 2 atom stereocenters. The molecule has 1 aliphatic rings. The van der Waals surface area contributed by atoms with Gasteiger partial charge in [0, 0.05) is 29.9 Å². The normalized spacial score (nSPS) is 20.9. The van der Waals surface area contributed by atoms with E-state index >= 15 is 0 Å². The number of nitrogens with zero attached hydrogens (tertiary/aromatic N) is 1. The minimum Gasteiger partial charge on any atom is -0.351 e. The van der Waals surface area contributed by atoms with E-state index in [-0.39, 0.29) is 42.5 Å². The summed E-state index contributed by atoms with van der Waals surface area (Å²) in [4.78, 5) is 27.1. The van der Waals surface area contributed by atoms with Gasteiger partial charge in [-0.3, -0.25) is 9.59 Å². The van der Waals surface area contributed by atoms with E-state index in [0.717, 1.165) is 45.3 Å². The van der Waals surface area contributed by atoms with Crippen LogP contribution >= 0.6 is 24.8 Å². The summed E-state index contributed by atoms with van der Waals surface area (Å²) in [6.45, 7) is 9.59. The minimum atomic E-state index is -0.451. The average molecular weight is 447 g/mol. The van der Waals surface area contributed by atoms with Crippen LogP contribution in [0.3, 0.4) is 0 Å². The molecule has 0 saturated heterocycles. The summed E-state index contributed by atoms with van der Waals surface area (Å²) in [6.07, 6.45) is 3.82. The lowest BCUT2D eigenvalue weighted by Gasteiger charge is -2.37. The number of benzene rings is 1. The highest BCUT2D eigenvalue weighted by molar-refractivity contribution is 5.96. The molecule has 0 bridgehead atoms. The molecule has 1 aromatic carbocycles. The van der Waals surface area contributed by atoms with Crippen LogP contribution in [-0.2, 0) is 4.79 Å². The van der Waals surface area contributed by atoms with Gasteiger partial charge < -0.3 is 21.3 Å². The number of halogens is 2. The molecule has 2 unspecified atom stereocenters. The zero-order valence-corrected chi connectivity index (χ0v) is 19.3.